The highest BCUT2D eigenvalue weighted by atomic mass is 35.5. The Kier molecular flexibility index (Phi) is 4.48. The van der Waals surface area contributed by atoms with E-state index in [1.807, 2.05) is 0 Å². The van der Waals surface area contributed by atoms with Crippen LogP contribution in [-0.2, 0) is 9.59 Å². The van der Waals surface area contributed by atoms with Crippen molar-refractivity contribution < 1.29 is 14.0 Å². The highest BCUT2D eigenvalue weighted by Crippen LogP contribution is 2.68. The van der Waals surface area contributed by atoms with Gasteiger partial charge in [0.1, 0.15) is 5.82 Å². The number of benzene rings is 2. The Balaban J connectivity index is 1.32. The first-order valence-electron chi connectivity index (χ1n) is 11.2. The van der Waals surface area contributed by atoms with E-state index in [0.29, 0.717) is 10.7 Å². The summed E-state index contributed by atoms with van der Waals surface area (Å²) in [6.45, 7) is 0. The molecule has 0 radical (unpaired) electrons. The topological polar surface area (TPSA) is 70.2 Å². The molecule has 1 N–H and O–H groups in total. The number of halogens is 2. The van der Waals surface area contributed by atoms with E-state index in [1.165, 1.54) is 28.4 Å². The summed E-state index contributed by atoms with van der Waals surface area (Å²) >= 11 is 8.86. The van der Waals surface area contributed by atoms with Crippen LogP contribution in [-0.4, -0.2) is 22.0 Å². The summed E-state index contributed by atoms with van der Waals surface area (Å²) in [5.41, 5.74) is 1.51. The first kappa shape index (κ1) is 20.9. The maximum Gasteiger partial charge on any atom is 0.305 e. The second-order valence-electron chi connectivity index (χ2n) is 9.50. The molecule has 1 saturated heterocycles. The molecule has 5 nitrogen and oxygen atoms in total. The number of carbonyl (C=O) groups is 2. The fraction of sp³-hybridized carbons (Fsp3) is 0.320. The number of carbonyl (C=O) groups excluding carboxylic acids is 2. The molecule has 7 rings (SSSR count). The second kappa shape index (κ2) is 7.29. The number of aromatic nitrogens is 1. The Morgan fingerprint density at radius 2 is 1.62 bits per heavy atom. The number of nitrogens with one attached hydrogen (secondary N) is 1. The van der Waals surface area contributed by atoms with Crippen LogP contribution in [0, 0.1) is 35.4 Å². The van der Waals surface area contributed by atoms with Crippen LogP contribution in [0.2, 0.25) is 5.02 Å². The molecule has 2 aromatic carbocycles. The maximum atomic E-state index is 13.7. The summed E-state index contributed by atoms with van der Waals surface area (Å²) in [4.78, 5) is 44.6. The molecule has 0 unspecified atom stereocenters. The average molecular weight is 513 g/mol. The molecule has 2 bridgehead atoms. The predicted molar refractivity (Wildman–Crippen MR) is 129 cm³/mol. The minimum Gasteiger partial charge on any atom is -0.307 e. The summed E-state index contributed by atoms with van der Waals surface area (Å²) < 4.78 is 13.7. The van der Waals surface area contributed by atoms with Gasteiger partial charge in [-0.3, -0.25) is 19.3 Å². The lowest BCUT2D eigenvalue weighted by Crippen LogP contribution is -2.42. The van der Waals surface area contributed by atoms with E-state index < -0.39 is 0 Å². The van der Waals surface area contributed by atoms with Crippen molar-refractivity contribution in [2.45, 2.75) is 22.6 Å². The minimum atomic E-state index is -0.366. The van der Waals surface area contributed by atoms with Crippen LogP contribution in [0.3, 0.4) is 0 Å². The van der Waals surface area contributed by atoms with Crippen LogP contribution in [0.15, 0.2) is 58.4 Å². The molecule has 2 amide bonds. The van der Waals surface area contributed by atoms with Crippen molar-refractivity contribution in [1.82, 2.24) is 4.98 Å². The molecule has 1 aromatic heterocycles. The van der Waals surface area contributed by atoms with Crippen molar-refractivity contribution in [2.75, 3.05) is 4.90 Å². The van der Waals surface area contributed by atoms with Gasteiger partial charge in [-0.05, 0) is 66.1 Å². The summed E-state index contributed by atoms with van der Waals surface area (Å²) in [6, 6.07) is 13.3. The predicted octanol–water partition coefficient (Wildman–Crippen LogP) is 4.91. The largest absolute Gasteiger partial charge is 0.307 e. The number of fused-ring (bicyclic) bond motifs is 9. The zero-order valence-electron chi connectivity index (χ0n) is 17.6. The normalized spacial score (nSPS) is 33.2. The molecular weight excluding hydrogens is 495 g/mol. The molecule has 4 aliphatic rings. The van der Waals surface area contributed by atoms with E-state index >= 15 is 0 Å². The number of rotatable bonds is 2. The Labute approximate surface area is 207 Å². The Morgan fingerprint density at radius 3 is 2.32 bits per heavy atom. The number of thiazole rings is 1. The molecule has 34 heavy (non-hydrogen) atoms. The van der Waals surface area contributed by atoms with Gasteiger partial charge in [0.15, 0.2) is 0 Å². The number of amides is 2. The lowest BCUT2D eigenvalue weighted by atomic mass is 9.68. The Hall–Kier alpha value is -2.42. The minimum absolute atomic E-state index is 0.0293. The molecule has 9 heteroatoms. The number of nitrogens with zero attached hydrogens (tertiary/aromatic N) is 1. The lowest BCUT2D eigenvalue weighted by molar-refractivity contribution is -0.123. The van der Waals surface area contributed by atoms with Crippen molar-refractivity contribution in [3.63, 3.8) is 0 Å². The monoisotopic (exact) mass is 512 g/mol. The average Bonchev–Trinajstić information content (AvgIpc) is 3.54. The van der Waals surface area contributed by atoms with Crippen LogP contribution in [0.1, 0.15) is 22.8 Å². The number of thioether (sulfide) groups is 1. The van der Waals surface area contributed by atoms with Gasteiger partial charge in [0, 0.05) is 21.1 Å². The van der Waals surface area contributed by atoms with E-state index in [1.54, 1.807) is 48.2 Å². The van der Waals surface area contributed by atoms with Gasteiger partial charge < -0.3 is 4.98 Å². The van der Waals surface area contributed by atoms with Crippen molar-refractivity contribution in [3.05, 3.63) is 79.5 Å². The third kappa shape index (κ3) is 2.76. The zero-order valence-corrected chi connectivity index (χ0v) is 20.0. The van der Waals surface area contributed by atoms with Crippen LogP contribution in [0.5, 0.6) is 0 Å². The van der Waals surface area contributed by atoms with Crippen LogP contribution >= 0.6 is 34.7 Å². The smallest absolute Gasteiger partial charge is 0.305 e. The summed E-state index contributed by atoms with van der Waals surface area (Å²) in [6.07, 6.45) is 0.820. The van der Waals surface area contributed by atoms with Gasteiger partial charge in [0.25, 0.3) is 0 Å². The standard InChI is InChI=1S/C25H18ClFN2O3S2/c26-11-3-7-13(8-4-11)29-23(30)18-14-9-15(19(18)24(29)31)20-17(14)16(10-1-5-12(27)6-2-10)21-22(33-20)28-25(32)34-21/h1-8,14-20H,9H2,(H,28,32)/t14-,15+,16-,17+,18+,19+,20+/m0/s1. The van der Waals surface area contributed by atoms with Gasteiger partial charge in [0.05, 0.1) is 22.5 Å². The van der Waals surface area contributed by atoms with E-state index in [2.05, 4.69) is 4.98 Å². The Morgan fingerprint density at radius 1 is 0.941 bits per heavy atom. The van der Waals surface area contributed by atoms with Gasteiger partial charge in [0.2, 0.25) is 11.8 Å². The zero-order chi connectivity index (χ0) is 23.3. The molecule has 172 valence electrons. The first-order chi connectivity index (χ1) is 16.4. The number of hydrogen-bond donors (Lipinski definition) is 1. The van der Waals surface area contributed by atoms with Crippen LogP contribution in [0.25, 0.3) is 0 Å². The van der Waals surface area contributed by atoms with E-state index in [-0.39, 0.29) is 63.3 Å². The quantitative estimate of drug-likeness (QED) is 0.495. The van der Waals surface area contributed by atoms with Crippen molar-refractivity contribution in [1.29, 1.82) is 0 Å². The number of H-pyrrole nitrogens is 1. The van der Waals surface area contributed by atoms with E-state index in [4.69, 9.17) is 11.6 Å². The molecule has 2 saturated carbocycles. The van der Waals surface area contributed by atoms with Crippen LogP contribution in [0.4, 0.5) is 10.1 Å². The highest BCUT2D eigenvalue weighted by molar-refractivity contribution is 8.00. The molecule has 2 aliphatic carbocycles. The molecule has 3 fully saturated rings. The molecule has 3 aromatic rings. The SMILES string of the molecule is O=C1[C@@H]2[C@H]3C[C@@H]([C@H]4Sc5[nH]c(=O)sc5[C@@H](c5ccc(F)cc5)[C@@H]34)[C@H]2C(=O)N1c1ccc(Cl)cc1. The van der Waals surface area contributed by atoms with Gasteiger partial charge in [-0.2, -0.15) is 0 Å². The lowest BCUT2D eigenvalue weighted by Gasteiger charge is -2.43. The van der Waals surface area contributed by atoms with Gasteiger partial charge in [-0.15, -0.1) is 11.8 Å². The molecule has 0 spiro atoms. The van der Waals surface area contributed by atoms with Gasteiger partial charge in [-0.1, -0.05) is 35.1 Å². The van der Waals surface area contributed by atoms with Crippen molar-refractivity contribution in [3.8, 4) is 0 Å². The molecule has 2 aliphatic heterocycles. The summed E-state index contributed by atoms with van der Waals surface area (Å²) in [5.74, 6) is -1.21. The summed E-state index contributed by atoms with van der Waals surface area (Å²) in [5, 5.41) is 1.51. The number of aromatic amines is 1. The van der Waals surface area contributed by atoms with Gasteiger partial charge in [-0.25, -0.2) is 4.39 Å². The Bertz CT molecular complexity index is 1400. The maximum absolute atomic E-state index is 13.7. The fourth-order valence-electron chi connectivity index (χ4n) is 6.90. The second-order valence-corrected chi connectivity index (χ2v) is 12.1. The number of imide groups is 1. The summed E-state index contributed by atoms with van der Waals surface area (Å²) in [7, 11) is 0. The van der Waals surface area contributed by atoms with Crippen molar-refractivity contribution >= 4 is 52.2 Å². The number of anilines is 1. The van der Waals surface area contributed by atoms with Crippen LogP contribution < -0.4 is 9.77 Å². The van der Waals surface area contributed by atoms with Gasteiger partial charge >= 0.3 is 4.87 Å². The van der Waals surface area contributed by atoms with Crippen molar-refractivity contribution in [2.24, 2.45) is 29.6 Å². The first-order valence-corrected chi connectivity index (χ1v) is 13.3. The number of hydrogen-bond acceptors (Lipinski definition) is 5. The molecule has 7 atom stereocenters. The fourth-order valence-corrected chi connectivity index (χ4v) is 9.92. The molecule has 3 heterocycles. The third-order valence-electron chi connectivity index (χ3n) is 8.04. The molecular formula is C25H18ClFN2O3S2. The van der Waals surface area contributed by atoms with E-state index in [9.17, 15) is 18.8 Å². The van der Waals surface area contributed by atoms with E-state index in [0.717, 1.165) is 21.9 Å². The highest BCUT2D eigenvalue weighted by Gasteiger charge is 2.69. The third-order valence-corrected chi connectivity index (χ3v) is 10.9.